The van der Waals surface area contributed by atoms with Crippen LogP contribution in [0.4, 0.5) is 0 Å². The van der Waals surface area contributed by atoms with Crippen molar-refractivity contribution in [2.45, 2.75) is 26.3 Å². The van der Waals surface area contributed by atoms with Crippen molar-refractivity contribution in [3.05, 3.63) is 41.7 Å². The number of rotatable bonds is 6. The molecule has 0 saturated carbocycles. The van der Waals surface area contributed by atoms with Gasteiger partial charge in [-0.05, 0) is 25.7 Å². The molecule has 0 fully saturated rings. The molecule has 2 aromatic rings. The highest BCUT2D eigenvalue weighted by atomic mass is 16.5. The SMILES string of the molecule is CN(C)CC(=O)N1CCn2c(COCc3cccnc3)nnc2C1. The second-order valence-electron chi connectivity index (χ2n) is 6.09. The van der Waals surface area contributed by atoms with Gasteiger partial charge in [-0.2, -0.15) is 0 Å². The van der Waals surface area contributed by atoms with Crippen molar-refractivity contribution in [3.8, 4) is 0 Å². The predicted molar refractivity (Wildman–Crippen MR) is 86.7 cm³/mol. The van der Waals surface area contributed by atoms with Crippen molar-refractivity contribution in [3.63, 3.8) is 0 Å². The zero-order chi connectivity index (χ0) is 16.9. The van der Waals surface area contributed by atoms with Crippen LogP contribution in [0.2, 0.25) is 0 Å². The summed E-state index contributed by atoms with van der Waals surface area (Å²) in [5, 5.41) is 8.41. The highest BCUT2D eigenvalue weighted by Crippen LogP contribution is 2.14. The molecule has 0 aliphatic carbocycles. The van der Waals surface area contributed by atoms with Gasteiger partial charge in [0.05, 0.1) is 19.7 Å². The van der Waals surface area contributed by atoms with Crippen LogP contribution in [0.15, 0.2) is 24.5 Å². The van der Waals surface area contributed by atoms with E-state index in [-0.39, 0.29) is 5.91 Å². The average Bonchev–Trinajstić information content (AvgIpc) is 2.98. The normalized spacial score (nSPS) is 14.0. The number of amides is 1. The fourth-order valence-corrected chi connectivity index (χ4v) is 2.65. The zero-order valence-corrected chi connectivity index (χ0v) is 14.1. The second kappa shape index (κ2) is 7.50. The van der Waals surface area contributed by atoms with Crippen LogP contribution in [-0.4, -0.2) is 62.6 Å². The molecule has 1 aliphatic heterocycles. The number of carbonyl (C=O) groups is 1. The van der Waals surface area contributed by atoms with E-state index >= 15 is 0 Å². The number of hydrogen-bond donors (Lipinski definition) is 0. The Balaban J connectivity index is 1.56. The molecule has 24 heavy (non-hydrogen) atoms. The quantitative estimate of drug-likeness (QED) is 0.758. The van der Waals surface area contributed by atoms with Gasteiger partial charge in [0.15, 0.2) is 11.6 Å². The van der Waals surface area contributed by atoms with E-state index in [4.69, 9.17) is 4.74 Å². The molecule has 0 N–H and O–H groups in total. The van der Waals surface area contributed by atoms with E-state index in [0.29, 0.717) is 39.4 Å². The van der Waals surface area contributed by atoms with Gasteiger partial charge in [0.25, 0.3) is 0 Å². The Bertz CT molecular complexity index is 685. The van der Waals surface area contributed by atoms with Gasteiger partial charge in [0.2, 0.25) is 5.91 Å². The minimum absolute atomic E-state index is 0.114. The first-order valence-corrected chi connectivity index (χ1v) is 7.93. The Hall–Kier alpha value is -2.32. The third-order valence-corrected chi connectivity index (χ3v) is 3.86. The van der Waals surface area contributed by atoms with Crippen LogP contribution in [-0.2, 0) is 35.8 Å². The van der Waals surface area contributed by atoms with E-state index in [1.807, 2.05) is 40.6 Å². The lowest BCUT2D eigenvalue weighted by atomic mass is 10.3. The maximum absolute atomic E-state index is 12.2. The molecule has 3 rings (SSSR count). The van der Waals surface area contributed by atoms with Crippen LogP contribution in [0.5, 0.6) is 0 Å². The molecular weight excluding hydrogens is 308 g/mol. The van der Waals surface area contributed by atoms with Crippen molar-refractivity contribution in [2.24, 2.45) is 0 Å². The lowest BCUT2D eigenvalue weighted by molar-refractivity contribution is -0.133. The van der Waals surface area contributed by atoms with Gasteiger partial charge in [-0.3, -0.25) is 9.78 Å². The monoisotopic (exact) mass is 330 g/mol. The van der Waals surface area contributed by atoms with Crippen LogP contribution >= 0.6 is 0 Å². The smallest absolute Gasteiger partial charge is 0.237 e. The van der Waals surface area contributed by atoms with Crippen molar-refractivity contribution >= 4 is 5.91 Å². The van der Waals surface area contributed by atoms with Crippen LogP contribution in [0.3, 0.4) is 0 Å². The third-order valence-electron chi connectivity index (χ3n) is 3.86. The summed E-state index contributed by atoms with van der Waals surface area (Å²) in [7, 11) is 3.78. The molecule has 2 aromatic heterocycles. The summed E-state index contributed by atoms with van der Waals surface area (Å²) in [6, 6.07) is 3.86. The molecule has 3 heterocycles. The lowest BCUT2D eigenvalue weighted by Crippen LogP contribution is -2.42. The summed E-state index contributed by atoms with van der Waals surface area (Å²) in [6.45, 7) is 3.18. The van der Waals surface area contributed by atoms with Crippen molar-refractivity contribution in [1.29, 1.82) is 0 Å². The van der Waals surface area contributed by atoms with Gasteiger partial charge in [-0.15, -0.1) is 10.2 Å². The Morgan fingerprint density at radius 1 is 1.29 bits per heavy atom. The van der Waals surface area contributed by atoms with Gasteiger partial charge in [-0.1, -0.05) is 6.07 Å². The molecule has 0 aromatic carbocycles. The van der Waals surface area contributed by atoms with Gasteiger partial charge in [-0.25, -0.2) is 0 Å². The highest BCUT2D eigenvalue weighted by Gasteiger charge is 2.24. The first kappa shape index (κ1) is 16.5. The molecule has 8 heteroatoms. The molecule has 1 aliphatic rings. The number of pyridine rings is 1. The number of hydrogen-bond acceptors (Lipinski definition) is 6. The Morgan fingerprint density at radius 3 is 2.92 bits per heavy atom. The average molecular weight is 330 g/mol. The Labute approximate surface area is 141 Å². The summed E-state index contributed by atoms with van der Waals surface area (Å²) >= 11 is 0. The molecule has 128 valence electrons. The Morgan fingerprint density at radius 2 is 2.17 bits per heavy atom. The van der Waals surface area contributed by atoms with Crippen molar-refractivity contribution in [1.82, 2.24) is 29.5 Å². The molecule has 0 saturated heterocycles. The largest absolute Gasteiger partial charge is 0.369 e. The highest BCUT2D eigenvalue weighted by molar-refractivity contribution is 5.78. The minimum atomic E-state index is 0.114. The molecule has 0 bridgehead atoms. The summed E-state index contributed by atoms with van der Waals surface area (Å²) in [5.74, 6) is 1.73. The molecular formula is C16H22N6O2. The van der Waals surface area contributed by atoms with Gasteiger partial charge in [0, 0.05) is 25.5 Å². The topological polar surface area (TPSA) is 76.4 Å². The summed E-state index contributed by atoms with van der Waals surface area (Å²) < 4.78 is 7.75. The molecule has 1 amide bonds. The maximum Gasteiger partial charge on any atom is 0.237 e. The van der Waals surface area contributed by atoms with Crippen LogP contribution in [0, 0.1) is 0 Å². The number of likely N-dealkylation sites (N-methyl/N-ethyl adjacent to an activating group) is 1. The third kappa shape index (κ3) is 3.95. The number of aromatic nitrogens is 4. The number of nitrogens with zero attached hydrogens (tertiary/aromatic N) is 6. The number of ether oxygens (including phenoxy) is 1. The lowest BCUT2D eigenvalue weighted by Gasteiger charge is -2.28. The van der Waals surface area contributed by atoms with E-state index in [1.54, 1.807) is 12.4 Å². The van der Waals surface area contributed by atoms with E-state index in [0.717, 1.165) is 17.2 Å². The van der Waals surface area contributed by atoms with Gasteiger partial charge >= 0.3 is 0 Å². The fraction of sp³-hybridized carbons (Fsp3) is 0.500. The fourth-order valence-electron chi connectivity index (χ4n) is 2.65. The zero-order valence-electron chi connectivity index (χ0n) is 14.1. The molecule has 0 spiro atoms. The van der Waals surface area contributed by atoms with E-state index in [1.165, 1.54) is 0 Å². The molecule has 0 radical (unpaired) electrons. The predicted octanol–water partition coefficient (Wildman–Crippen LogP) is 0.294. The first-order valence-electron chi connectivity index (χ1n) is 7.93. The second-order valence-corrected chi connectivity index (χ2v) is 6.09. The number of fused-ring (bicyclic) bond motifs is 1. The summed E-state index contributed by atoms with van der Waals surface area (Å²) in [4.78, 5) is 19.9. The standard InChI is InChI=1S/C16H22N6O2/c1-20(2)10-16(23)21-6-7-22-14(9-21)18-19-15(22)12-24-11-13-4-3-5-17-8-13/h3-5,8H,6-7,9-12H2,1-2H3. The van der Waals surface area contributed by atoms with E-state index < -0.39 is 0 Å². The van der Waals surface area contributed by atoms with Crippen LogP contribution in [0.1, 0.15) is 17.2 Å². The maximum atomic E-state index is 12.2. The van der Waals surface area contributed by atoms with E-state index in [2.05, 4.69) is 15.2 Å². The van der Waals surface area contributed by atoms with E-state index in [9.17, 15) is 4.79 Å². The van der Waals surface area contributed by atoms with Crippen LogP contribution in [0.25, 0.3) is 0 Å². The molecule has 8 nitrogen and oxygen atoms in total. The van der Waals surface area contributed by atoms with Crippen molar-refractivity contribution in [2.75, 3.05) is 27.2 Å². The number of carbonyl (C=O) groups excluding carboxylic acids is 1. The molecule has 0 unspecified atom stereocenters. The van der Waals surface area contributed by atoms with Crippen molar-refractivity contribution < 1.29 is 9.53 Å². The van der Waals surface area contributed by atoms with Crippen LogP contribution < -0.4 is 0 Å². The minimum Gasteiger partial charge on any atom is -0.369 e. The summed E-state index contributed by atoms with van der Waals surface area (Å²) in [5.41, 5.74) is 1.02. The summed E-state index contributed by atoms with van der Waals surface area (Å²) in [6.07, 6.45) is 3.52. The Kier molecular flexibility index (Phi) is 5.17. The first-order chi connectivity index (χ1) is 11.6. The van der Waals surface area contributed by atoms with Gasteiger partial charge < -0.3 is 19.1 Å². The molecule has 0 atom stereocenters. The van der Waals surface area contributed by atoms with Gasteiger partial charge in [0.1, 0.15) is 6.61 Å².